The summed E-state index contributed by atoms with van der Waals surface area (Å²) in [6.45, 7) is 4.51. The molecule has 0 atom stereocenters. The second-order valence-corrected chi connectivity index (χ2v) is 8.68. The van der Waals surface area contributed by atoms with Gasteiger partial charge in [-0.2, -0.15) is 0 Å². The molecule has 0 fully saturated rings. The molecule has 0 radical (unpaired) electrons. The monoisotopic (exact) mass is 398 g/mol. The van der Waals surface area contributed by atoms with Crippen LogP contribution in [0.4, 0.5) is 0 Å². The van der Waals surface area contributed by atoms with Crippen molar-refractivity contribution in [3.63, 3.8) is 0 Å². The summed E-state index contributed by atoms with van der Waals surface area (Å²) in [4.78, 5) is 0. The lowest BCUT2D eigenvalue weighted by Gasteiger charge is -2.19. The summed E-state index contributed by atoms with van der Waals surface area (Å²) in [5.74, 6) is 0.435. The minimum atomic E-state index is 0.435. The lowest BCUT2D eigenvalue weighted by molar-refractivity contribution is 0.476. The maximum atomic E-state index is 11.0. The molecule has 156 valence electrons. The highest BCUT2D eigenvalue weighted by Crippen LogP contribution is 2.45. The van der Waals surface area contributed by atoms with Crippen LogP contribution in [-0.4, -0.2) is 5.11 Å². The van der Waals surface area contributed by atoms with E-state index in [1.165, 1.54) is 77.5 Å². The first kappa shape index (κ1) is 20.7. The van der Waals surface area contributed by atoms with Gasteiger partial charge in [-0.3, -0.25) is 0 Å². The molecule has 30 heavy (non-hydrogen) atoms. The Morgan fingerprint density at radius 1 is 0.700 bits per heavy atom. The van der Waals surface area contributed by atoms with Crippen LogP contribution in [0.15, 0.2) is 54.6 Å². The molecule has 0 heterocycles. The van der Waals surface area contributed by atoms with Gasteiger partial charge in [-0.1, -0.05) is 88.1 Å². The van der Waals surface area contributed by atoms with Crippen molar-refractivity contribution in [2.24, 2.45) is 0 Å². The molecule has 1 aliphatic rings. The Morgan fingerprint density at radius 2 is 1.47 bits per heavy atom. The number of fused-ring (bicyclic) bond motifs is 3. The topological polar surface area (TPSA) is 20.2 Å². The largest absolute Gasteiger partial charge is 0.507 e. The molecule has 3 aromatic carbocycles. The number of phenols is 1. The number of aryl methyl sites for hydroxylation is 1. The van der Waals surface area contributed by atoms with E-state index in [9.17, 15) is 5.11 Å². The average molecular weight is 399 g/mol. The molecule has 0 aromatic heterocycles. The number of hydrogen-bond donors (Lipinski definition) is 1. The summed E-state index contributed by atoms with van der Waals surface area (Å²) < 4.78 is 0. The molecule has 0 spiro atoms. The van der Waals surface area contributed by atoms with Gasteiger partial charge in [0.05, 0.1) is 0 Å². The van der Waals surface area contributed by atoms with Crippen LogP contribution in [0.25, 0.3) is 22.3 Å². The summed E-state index contributed by atoms with van der Waals surface area (Å²) in [6.07, 6.45) is 10.5. The molecule has 1 aliphatic carbocycles. The van der Waals surface area contributed by atoms with Crippen LogP contribution in [0.1, 0.15) is 74.6 Å². The molecule has 4 rings (SSSR count). The van der Waals surface area contributed by atoms with Crippen molar-refractivity contribution >= 4 is 0 Å². The smallest absolute Gasteiger partial charge is 0.123 e. The van der Waals surface area contributed by atoms with E-state index in [4.69, 9.17) is 0 Å². The predicted molar refractivity (Wildman–Crippen MR) is 128 cm³/mol. The SMILES string of the molecule is CCCCCCc1c(CCCC)ccc(O)c1-c1cccc2c1Cc1ccccc1-2. The lowest BCUT2D eigenvalue weighted by Crippen LogP contribution is -2.01. The molecule has 0 bridgehead atoms. The number of aromatic hydroxyl groups is 1. The van der Waals surface area contributed by atoms with Crippen molar-refractivity contribution in [2.45, 2.75) is 71.6 Å². The summed E-state index contributed by atoms with van der Waals surface area (Å²) in [5, 5.41) is 11.0. The Bertz CT molecular complexity index is 1010. The highest BCUT2D eigenvalue weighted by Gasteiger charge is 2.24. The van der Waals surface area contributed by atoms with Crippen LogP contribution in [-0.2, 0) is 19.3 Å². The highest BCUT2D eigenvalue weighted by molar-refractivity contribution is 5.87. The summed E-state index contributed by atoms with van der Waals surface area (Å²) in [5.41, 5.74) is 10.6. The molecule has 3 aromatic rings. The van der Waals surface area contributed by atoms with Gasteiger partial charge in [0.25, 0.3) is 0 Å². The minimum absolute atomic E-state index is 0.435. The normalized spacial score (nSPS) is 12.1. The third-order valence-electron chi connectivity index (χ3n) is 6.59. The summed E-state index contributed by atoms with van der Waals surface area (Å²) in [7, 11) is 0. The maximum absolute atomic E-state index is 11.0. The fourth-order valence-corrected chi connectivity index (χ4v) is 4.99. The molecule has 1 N–H and O–H groups in total. The Morgan fingerprint density at radius 3 is 2.30 bits per heavy atom. The number of benzene rings is 3. The number of hydrogen-bond acceptors (Lipinski definition) is 1. The fraction of sp³-hybridized carbons (Fsp3) is 0.379. The van der Waals surface area contributed by atoms with Gasteiger partial charge in [0.2, 0.25) is 0 Å². The van der Waals surface area contributed by atoms with E-state index in [0.717, 1.165) is 24.8 Å². The van der Waals surface area contributed by atoms with Crippen molar-refractivity contribution in [3.8, 4) is 28.0 Å². The zero-order valence-corrected chi connectivity index (χ0v) is 18.5. The molecule has 0 saturated carbocycles. The quantitative estimate of drug-likeness (QED) is 0.282. The summed E-state index contributed by atoms with van der Waals surface area (Å²) in [6, 6.07) is 19.4. The van der Waals surface area contributed by atoms with E-state index < -0.39 is 0 Å². The lowest BCUT2D eigenvalue weighted by atomic mass is 9.86. The average Bonchev–Trinajstić information content (AvgIpc) is 3.15. The molecule has 1 nitrogen and oxygen atoms in total. The number of unbranched alkanes of at least 4 members (excludes halogenated alkanes) is 4. The standard InChI is InChI=1S/C29H34O/c1-3-5-7-8-15-24-21(12-6-4-2)18-19-28(30)29(24)26-17-11-16-25-23-14-10-9-13-22(23)20-27(25)26/h9-11,13-14,16-19,30H,3-8,12,15,20H2,1-2H3. The Balaban J connectivity index is 1.81. The van der Waals surface area contributed by atoms with E-state index in [0.29, 0.717) is 5.75 Å². The van der Waals surface area contributed by atoms with Crippen molar-refractivity contribution in [1.29, 1.82) is 0 Å². The van der Waals surface area contributed by atoms with Crippen molar-refractivity contribution < 1.29 is 5.11 Å². The molecule has 0 saturated heterocycles. The van der Waals surface area contributed by atoms with E-state index >= 15 is 0 Å². The van der Waals surface area contributed by atoms with E-state index in [1.807, 2.05) is 6.07 Å². The van der Waals surface area contributed by atoms with Gasteiger partial charge in [-0.15, -0.1) is 0 Å². The Kier molecular flexibility index (Phi) is 6.57. The maximum Gasteiger partial charge on any atom is 0.123 e. The third kappa shape index (κ3) is 4.03. The third-order valence-corrected chi connectivity index (χ3v) is 6.59. The molecule has 1 heteroatoms. The van der Waals surface area contributed by atoms with Gasteiger partial charge in [0, 0.05) is 5.56 Å². The second-order valence-electron chi connectivity index (χ2n) is 8.68. The highest BCUT2D eigenvalue weighted by atomic mass is 16.3. The van der Waals surface area contributed by atoms with Crippen LogP contribution in [0.5, 0.6) is 5.75 Å². The van der Waals surface area contributed by atoms with Gasteiger partial charge in [0.15, 0.2) is 0 Å². The number of rotatable bonds is 9. The van der Waals surface area contributed by atoms with E-state index in [1.54, 1.807) is 0 Å². The van der Waals surface area contributed by atoms with Crippen molar-refractivity contribution in [2.75, 3.05) is 0 Å². The molecular weight excluding hydrogens is 364 g/mol. The fourth-order valence-electron chi connectivity index (χ4n) is 4.99. The first-order valence-electron chi connectivity index (χ1n) is 11.8. The van der Waals surface area contributed by atoms with Gasteiger partial charge < -0.3 is 5.11 Å². The van der Waals surface area contributed by atoms with Crippen LogP contribution in [0.3, 0.4) is 0 Å². The predicted octanol–water partition coefficient (Wildman–Crippen LogP) is 8.10. The summed E-state index contributed by atoms with van der Waals surface area (Å²) >= 11 is 0. The van der Waals surface area contributed by atoms with Crippen LogP contribution in [0.2, 0.25) is 0 Å². The van der Waals surface area contributed by atoms with Crippen LogP contribution in [0, 0.1) is 0 Å². The van der Waals surface area contributed by atoms with Crippen LogP contribution >= 0.6 is 0 Å². The van der Waals surface area contributed by atoms with E-state index in [-0.39, 0.29) is 0 Å². The molecule has 0 unspecified atom stereocenters. The molecular formula is C29H34O. The second kappa shape index (κ2) is 9.51. The molecule has 0 aliphatic heterocycles. The van der Waals surface area contributed by atoms with Crippen LogP contribution < -0.4 is 0 Å². The van der Waals surface area contributed by atoms with E-state index in [2.05, 4.69) is 62.4 Å². The van der Waals surface area contributed by atoms with Crippen molar-refractivity contribution in [1.82, 2.24) is 0 Å². The van der Waals surface area contributed by atoms with Gasteiger partial charge >= 0.3 is 0 Å². The van der Waals surface area contributed by atoms with Gasteiger partial charge in [-0.05, 0) is 77.1 Å². The minimum Gasteiger partial charge on any atom is -0.507 e. The van der Waals surface area contributed by atoms with Gasteiger partial charge in [0.1, 0.15) is 5.75 Å². The zero-order chi connectivity index (χ0) is 20.9. The number of phenolic OH excluding ortho intramolecular Hbond substituents is 1. The first-order valence-corrected chi connectivity index (χ1v) is 11.8. The Hall–Kier alpha value is -2.54. The molecule has 0 amide bonds. The van der Waals surface area contributed by atoms with Gasteiger partial charge in [-0.25, -0.2) is 0 Å². The Labute approximate surface area is 181 Å². The first-order chi connectivity index (χ1) is 14.7. The zero-order valence-electron chi connectivity index (χ0n) is 18.5. The van der Waals surface area contributed by atoms with Crippen molar-refractivity contribution in [3.05, 3.63) is 76.9 Å².